The van der Waals surface area contributed by atoms with Crippen molar-refractivity contribution in [3.8, 4) is 11.5 Å². The Labute approximate surface area is 171 Å². The minimum Gasteiger partial charge on any atom is -0.497 e. The lowest BCUT2D eigenvalue weighted by molar-refractivity contribution is -0.132. The zero-order valence-electron chi connectivity index (χ0n) is 16.5. The van der Waals surface area contributed by atoms with E-state index in [4.69, 9.17) is 9.47 Å². The van der Waals surface area contributed by atoms with Gasteiger partial charge in [0.2, 0.25) is 15.9 Å². The Morgan fingerprint density at radius 3 is 2.17 bits per heavy atom. The van der Waals surface area contributed by atoms with Crippen LogP contribution in [0.2, 0.25) is 0 Å². The largest absolute Gasteiger partial charge is 0.497 e. The van der Waals surface area contributed by atoms with Crippen molar-refractivity contribution in [2.24, 2.45) is 0 Å². The van der Waals surface area contributed by atoms with Gasteiger partial charge in [-0.25, -0.2) is 8.42 Å². The molecule has 1 aliphatic rings. The topological polar surface area (TPSA) is 76.2 Å². The van der Waals surface area contributed by atoms with E-state index in [1.807, 2.05) is 18.2 Å². The average Bonchev–Trinajstić information content (AvgIpc) is 2.74. The smallest absolute Gasteiger partial charge is 0.226 e. The van der Waals surface area contributed by atoms with Gasteiger partial charge in [-0.1, -0.05) is 30.3 Å². The van der Waals surface area contributed by atoms with Gasteiger partial charge in [0, 0.05) is 26.2 Å². The fraction of sp³-hybridized carbons (Fsp3) is 0.381. The molecule has 1 amide bonds. The number of carbonyl (C=O) groups is 1. The van der Waals surface area contributed by atoms with Crippen LogP contribution in [-0.2, 0) is 20.6 Å². The minimum absolute atomic E-state index is 0.0164. The molecule has 3 rings (SSSR count). The molecule has 0 bridgehead atoms. The van der Waals surface area contributed by atoms with Crippen molar-refractivity contribution in [2.75, 3.05) is 39.9 Å². The second-order valence-electron chi connectivity index (χ2n) is 6.80. The van der Waals surface area contributed by atoms with Crippen LogP contribution < -0.4 is 9.47 Å². The predicted molar refractivity (Wildman–Crippen MR) is 110 cm³/mol. The van der Waals surface area contributed by atoms with Crippen LogP contribution in [0.15, 0.2) is 54.6 Å². The van der Waals surface area contributed by atoms with Crippen LogP contribution in [0, 0.1) is 0 Å². The number of hydrogen-bond acceptors (Lipinski definition) is 5. The van der Waals surface area contributed by atoms with Crippen LogP contribution >= 0.6 is 0 Å². The van der Waals surface area contributed by atoms with Crippen molar-refractivity contribution in [1.82, 2.24) is 9.21 Å². The van der Waals surface area contributed by atoms with E-state index in [0.29, 0.717) is 31.9 Å². The van der Waals surface area contributed by atoms with Gasteiger partial charge < -0.3 is 14.4 Å². The summed E-state index contributed by atoms with van der Waals surface area (Å²) >= 11 is 0. The predicted octanol–water partition coefficient (Wildman–Crippen LogP) is 2.14. The molecule has 0 atom stereocenters. The van der Waals surface area contributed by atoms with Crippen molar-refractivity contribution >= 4 is 15.9 Å². The molecule has 1 fully saturated rings. The summed E-state index contributed by atoms with van der Waals surface area (Å²) in [6.07, 6.45) is 0.253. The van der Waals surface area contributed by atoms with Gasteiger partial charge in [0.25, 0.3) is 0 Å². The summed E-state index contributed by atoms with van der Waals surface area (Å²) in [6, 6.07) is 16.3. The summed E-state index contributed by atoms with van der Waals surface area (Å²) in [5, 5.41) is 0. The summed E-state index contributed by atoms with van der Waals surface area (Å²) in [7, 11) is -1.79. The first-order valence-electron chi connectivity index (χ1n) is 9.54. The highest BCUT2D eigenvalue weighted by molar-refractivity contribution is 7.88. The number of benzene rings is 2. The first-order chi connectivity index (χ1) is 14.0. The van der Waals surface area contributed by atoms with Crippen LogP contribution in [-0.4, -0.2) is 63.4 Å². The van der Waals surface area contributed by atoms with Gasteiger partial charge in [-0.05, 0) is 29.8 Å². The number of hydrogen-bond donors (Lipinski definition) is 0. The van der Waals surface area contributed by atoms with Gasteiger partial charge in [-0.15, -0.1) is 0 Å². The highest BCUT2D eigenvalue weighted by Crippen LogP contribution is 2.18. The molecule has 7 nitrogen and oxygen atoms in total. The Hall–Kier alpha value is -2.58. The number of nitrogens with zero attached hydrogens (tertiary/aromatic N) is 2. The summed E-state index contributed by atoms with van der Waals surface area (Å²) in [5.41, 5.74) is 0.765. The maximum atomic E-state index is 12.6. The first-order valence-corrected chi connectivity index (χ1v) is 11.2. The molecule has 0 spiro atoms. The summed E-state index contributed by atoms with van der Waals surface area (Å²) in [6.45, 7) is 1.71. The Balaban J connectivity index is 1.42. The van der Waals surface area contributed by atoms with Crippen molar-refractivity contribution in [1.29, 1.82) is 0 Å². The van der Waals surface area contributed by atoms with Gasteiger partial charge in [-0.2, -0.15) is 4.31 Å². The maximum Gasteiger partial charge on any atom is 0.226 e. The summed E-state index contributed by atoms with van der Waals surface area (Å²) in [4.78, 5) is 14.1. The third-order valence-corrected chi connectivity index (χ3v) is 6.67. The Morgan fingerprint density at radius 2 is 1.55 bits per heavy atom. The molecule has 1 saturated heterocycles. The zero-order valence-corrected chi connectivity index (χ0v) is 17.3. The van der Waals surface area contributed by atoms with Gasteiger partial charge in [0.15, 0.2) is 0 Å². The Bertz CT molecular complexity index is 892. The second kappa shape index (κ2) is 9.76. The molecule has 156 valence electrons. The quantitative estimate of drug-likeness (QED) is 0.657. The van der Waals surface area contributed by atoms with Crippen molar-refractivity contribution in [3.05, 3.63) is 60.2 Å². The monoisotopic (exact) mass is 418 g/mol. The van der Waals surface area contributed by atoms with E-state index in [0.717, 1.165) is 11.3 Å². The summed E-state index contributed by atoms with van der Waals surface area (Å²) < 4.78 is 37.4. The van der Waals surface area contributed by atoms with Gasteiger partial charge in [0.1, 0.15) is 11.5 Å². The highest BCUT2D eigenvalue weighted by atomic mass is 32.2. The molecule has 0 unspecified atom stereocenters. The minimum atomic E-state index is -3.38. The van der Waals surface area contributed by atoms with Gasteiger partial charge in [0.05, 0.1) is 25.9 Å². The third kappa shape index (κ3) is 5.95. The molecule has 1 heterocycles. The zero-order chi connectivity index (χ0) is 20.7. The first kappa shape index (κ1) is 21.1. The summed E-state index contributed by atoms with van der Waals surface area (Å²) in [5.74, 6) is 1.37. The maximum absolute atomic E-state index is 12.6. The highest BCUT2D eigenvalue weighted by Gasteiger charge is 2.28. The standard InChI is InChI=1S/C21H26N2O5S/c1-27-19-7-9-20(10-8-19)28-16-11-21(24)22-12-14-23(15-13-22)29(25,26)17-18-5-3-2-4-6-18/h2-10H,11-17H2,1H3. The van der Waals surface area contributed by atoms with Crippen molar-refractivity contribution in [3.63, 3.8) is 0 Å². The third-order valence-electron chi connectivity index (χ3n) is 4.82. The van der Waals surface area contributed by atoms with Crippen molar-refractivity contribution in [2.45, 2.75) is 12.2 Å². The number of carbonyl (C=O) groups excluding carboxylic acids is 1. The normalized spacial score (nSPS) is 15.1. The molecule has 1 aliphatic heterocycles. The lowest BCUT2D eigenvalue weighted by Crippen LogP contribution is -2.50. The van der Waals surface area contributed by atoms with Crippen LogP contribution in [0.1, 0.15) is 12.0 Å². The van der Waals surface area contributed by atoms with Crippen LogP contribution in [0.4, 0.5) is 0 Å². The fourth-order valence-electron chi connectivity index (χ4n) is 3.18. The molecule has 0 radical (unpaired) electrons. The number of amides is 1. The van der Waals surface area contributed by atoms with Crippen LogP contribution in [0.3, 0.4) is 0 Å². The molecule has 8 heteroatoms. The van der Waals surface area contributed by atoms with E-state index in [1.165, 1.54) is 4.31 Å². The molecular formula is C21H26N2O5S. The Kier molecular flexibility index (Phi) is 7.11. The number of methoxy groups -OCH3 is 1. The van der Waals surface area contributed by atoms with E-state index in [9.17, 15) is 13.2 Å². The molecule has 29 heavy (non-hydrogen) atoms. The van der Waals surface area contributed by atoms with Gasteiger partial charge in [-0.3, -0.25) is 4.79 Å². The number of rotatable bonds is 8. The van der Waals surface area contributed by atoms with Crippen molar-refractivity contribution < 1.29 is 22.7 Å². The molecule has 2 aromatic rings. The second-order valence-corrected chi connectivity index (χ2v) is 8.76. The molecular weight excluding hydrogens is 392 g/mol. The number of piperazine rings is 1. The van der Waals surface area contributed by atoms with Gasteiger partial charge >= 0.3 is 0 Å². The molecule has 0 saturated carbocycles. The number of sulfonamides is 1. The number of ether oxygens (including phenoxy) is 2. The average molecular weight is 419 g/mol. The van der Waals surface area contributed by atoms with E-state index in [1.54, 1.807) is 48.4 Å². The van der Waals surface area contributed by atoms with E-state index >= 15 is 0 Å². The lowest BCUT2D eigenvalue weighted by atomic mass is 10.2. The van der Waals surface area contributed by atoms with E-state index in [-0.39, 0.29) is 24.7 Å². The van der Waals surface area contributed by atoms with Crippen LogP contribution in [0.25, 0.3) is 0 Å². The SMILES string of the molecule is COc1ccc(OCCC(=O)N2CCN(S(=O)(=O)Cc3ccccc3)CC2)cc1. The molecule has 0 aliphatic carbocycles. The lowest BCUT2D eigenvalue weighted by Gasteiger charge is -2.34. The molecule has 2 aromatic carbocycles. The van der Waals surface area contributed by atoms with Crippen LogP contribution in [0.5, 0.6) is 11.5 Å². The van der Waals surface area contributed by atoms with E-state index < -0.39 is 10.0 Å². The van der Waals surface area contributed by atoms with E-state index in [2.05, 4.69) is 0 Å². The Morgan fingerprint density at radius 1 is 0.931 bits per heavy atom. The molecule has 0 N–H and O–H groups in total. The fourth-order valence-corrected chi connectivity index (χ4v) is 4.69. The molecule has 0 aromatic heterocycles.